The highest BCUT2D eigenvalue weighted by Crippen LogP contribution is 2.33. The Morgan fingerprint density at radius 2 is 2.25 bits per heavy atom. The van der Waals surface area contributed by atoms with E-state index in [0.29, 0.717) is 6.54 Å². The summed E-state index contributed by atoms with van der Waals surface area (Å²) in [4.78, 5) is 14.3. The normalized spacial score (nSPS) is 18.6. The van der Waals surface area contributed by atoms with Gasteiger partial charge in [0.1, 0.15) is 6.04 Å². The van der Waals surface area contributed by atoms with Crippen LogP contribution in [0.4, 0.5) is 11.4 Å². The molecule has 3 rings (SSSR count). The van der Waals surface area contributed by atoms with Gasteiger partial charge in [0.15, 0.2) is 0 Å². The van der Waals surface area contributed by atoms with Crippen molar-refractivity contribution in [3.63, 3.8) is 0 Å². The highest BCUT2D eigenvalue weighted by molar-refractivity contribution is 6.00. The van der Waals surface area contributed by atoms with Crippen LogP contribution in [0.3, 0.4) is 0 Å². The number of hydrogen-bond donors (Lipinski definition) is 4. The number of hydrogen-bond acceptors (Lipinski definition) is 3. The molecule has 1 aliphatic rings. The molecule has 2 aromatic rings. The number of carbonyl (C=O) groups is 1. The average Bonchev–Trinajstić information content (AvgIpc) is 2.76. The minimum Gasteiger partial charge on any atom is -0.381 e. The van der Waals surface area contributed by atoms with Crippen molar-refractivity contribution < 1.29 is 4.79 Å². The number of aromatic nitrogens is 1. The zero-order valence-corrected chi connectivity index (χ0v) is 8.58. The quantitative estimate of drug-likeness (QED) is 0.570. The van der Waals surface area contributed by atoms with Crippen molar-refractivity contribution in [2.75, 3.05) is 17.2 Å². The molecule has 1 aliphatic heterocycles. The molecule has 0 radical (unpaired) electrons. The van der Waals surface area contributed by atoms with Gasteiger partial charge in [0.05, 0.1) is 16.9 Å². The molecule has 0 bridgehead atoms. The van der Waals surface area contributed by atoms with Crippen molar-refractivity contribution in [3.8, 4) is 0 Å². The van der Waals surface area contributed by atoms with Crippen LogP contribution in [-0.2, 0) is 4.79 Å². The van der Waals surface area contributed by atoms with Crippen molar-refractivity contribution >= 4 is 28.2 Å². The Labute approximate surface area is 92.0 Å². The number of benzene rings is 1. The molecule has 0 spiro atoms. The van der Waals surface area contributed by atoms with E-state index in [1.165, 1.54) is 0 Å². The van der Waals surface area contributed by atoms with Gasteiger partial charge in [0.25, 0.3) is 0 Å². The van der Waals surface area contributed by atoms with Gasteiger partial charge in [-0.15, -0.1) is 0 Å². The molecule has 5 nitrogen and oxygen atoms in total. The molecule has 0 saturated carbocycles. The number of H-pyrrole nitrogens is 1. The van der Waals surface area contributed by atoms with E-state index in [4.69, 9.17) is 5.73 Å². The van der Waals surface area contributed by atoms with Crippen LogP contribution >= 0.6 is 0 Å². The van der Waals surface area contributed by atoms with Gasteiger partial charge in [-0.1, -0.05) is 6.07 Å². The number of fused-ring (bicyclic) bond motifs is 3. The van der Waals surface area contributed by atoms with E-state index < -0.39 is 0 Å². The minimum absolute atomic E-state index is 0.346. The van der Waals surface area contributed by atoms with E-state index in [9.17, 15) is 4.79 Å². The molecule has 82 valence electrons. The van der Waals surface area contributed by atoms with Crippen LogP contribution in [-0.4, -0.2) is 23.5 Å². The first-order valence-corrected chi connectivity index (χ1v) is 5.15. The lowest BCUT2D eigenvalue weighted by Crippen LogP contribution is -2.43. The summed E-state index contributed by atoms with van der Waals surface area (Å²) in [6.07, 6.45) is 1.88. The Kier molecular flexibility index (Phi) is 1.80. The Bertz CT molecular complexity index is 560. The fourth-order valence-electron chi connectivity index (χ4n) is 2.03. The summed E-state index contributed by atoms with van der Waals surface area (Å²) < 4.78 is 0. The second kappa shape index (κ2) is 3.16. The van der Waals surface area contributed by atoms with Gasteiger partial charge < -0.3 is 21.4 Å². The maximum absolute atomic E-state index is 11.1. The van der Waals surface area contributed by atoms with Crippen LogP contribution in [0.25, 0.3) is 10.9 Å². The van der Waals surface area contributed by atoms with Crippen LogP contribution in [0.1, 0.15) is 0 Å². The number of amides is 1. The first-order chi connectivity index (χ1) is 7.75. The highest BCUT2D eigenvalue weighted by Gasteiger charge is 2.23. The Balaban J connectivity index is 2.13. The van der Waals surface area contributed by atoms with E-state index in [1.807, 2.05) is 24.4 Å². The first kappa shape index (κ1) is 9.08. The third-order valence-electron chi connectivity index (χ3n) is 2.89. The van der Waals surface area contributed by atoms with E-state index in [2.05, 4.69) is 15.6 Å². The molecule has 1 aromatic heterocycles. The van der Waals surface area contributed by atoms with Crippen LogP contribution in [0.5, 0.6) is 0 Å². The fourth-order valence-corrected chi connectivity index (χ4v) is 2.03. The number of aromatic amines is 1. The lowest BCUT2D eigenvalue weighted by Gasteiger charge is -2.26. The summed E-state index contributed by atoms with van der Waals surface area (Å²) in [7, 11) is 0. The highest BCUT2D eigenvalue weighted by atomic mass is 16.1. The third-order valence-corrected chi connectivity index (χ3v) is 2.89. The van der Waals surface area contributed by atoms with Crippen molar-refractivity contribution in [1.29, 1.82) is 0 Å². The molecule has 16 heavy (non-hydrogen) atoms. The van der Waals surface area contributed by atoms with E-state index >= 15 is 0 Å². The number of nitrogens with one attached hydrogen (secondary N) is 3. The van der Waals surface area contributed by atoms with Crippen LogP contribution in [0, 0.1) is 0 Å². The van der Waals surface area contributed by atoms with Gasteiger partial charge in [-0.2, -0.15) is 0 Å². The van der Waals surface area contributed by atoms with Gasteiger partial charge in [-0.05, 0) is 12.1 Å². The standard InChI is InChI=1S/C11H12N4O/c12-11(16)8-5-14-7-2-1-6-3-4-13-9(6)10(7)15-8/h1-4,8,13-15H,5H2,(H2,12,16). The molecule has 0 fully saturated rings. The van der Waals surface area contributed by atoms with Crippen molar-refractivity contribution in [2.45, 2.75) is 6.04 Å². The van der Waals surface area contributed by atoms with Gasteiger partial charge in [-0.25, -0.2) is 0 Å². The molecule has 1 aromatic carbocycles. The van der Waals surface area contributed by atoms with E-state index in [0.717, 1.165) is 22.3 Å². The largest absolute Gasteiger partial charge is 0.381 e. The molecular formula is C11H12N4O. The van der Waals surface area contributed by atoms with Crippen LogP contribution < -0.4 is 16.4 Å². The van der Waals surface area contributed by atoms with Crippen LogP contribution in [0.15, 0.2) is 24.4 Å². The molecule has 1 amide bonds. The topological polar surface area (TPSA) is 82.9 Å². The van der Waals surface area contributed by atoms with Gasteiger partial charge in [0.2, 0.25) is 5.91 Å². The summed E-state index contributed by atoms with van der Waals surface area (Å²) in [6.45, 7) is 0.522. The third kappa shape index (κ3) is 1.21. The molecule has 2 heterocycles. The van der Waals surface area contributed by atoms with Crippen molar-refractivity contribution in [2.24, 2.45) is 5.73 Å². The molecule has 0 aliphatic carbocycles. The average molecular weight is 216 g/mol. The monoisotopic (exact) mass is 216 g/mol. The summed E-state index contributed by atoms with van der Waals surface area (Å²) in [5.41, 5.74) is 8.20. The molecule has 5 heteroatoms. The summed E-state index contributed by atoms with van der Waals surface area (Å²) >= 11 is 0. The molecule has 1 atom stereocenters. The summed E-state index contributed by atoms with van der Waals surface area (Å²) in [5.74, 6) is -0.346. The number of primary amides is 1. The Morgan fingerprint density at radius 3 is 3.06 bits per heavy atom. The first-order valence-electron chi connectivity index (χ1n) is 5.15. The SMILES string of the molecule is NC(=O)C1CNc2ccc3cc[nH]c3c2N1. The molecular weight excluding hydrogens is 204 g/mol. The second-order valence-corrected chi connectivity index (χ2v) is 3.91. The van der Waals surface area contributed by atoms with E-state index in [-0.39, 0.29) is 11.9 Å². The zero-order chi connectivity index (χ0) is 11.1. The molecule has 1 unspecified atom stereocenters. The second-order valence-electron chi connectivity index (χ2n) is 3.91. The van der Waals surface area contributed by atoms with Crippen molar-refractivity contribution in [3.05, 3.63) is 24.4 Å². The minimum atomic E-state index is -0.360. The Morgan fingerprint density at radius 1 is 1.38 bits per heavy atom. The van der Waals surface area contributed by atoms with Gasteiger partial charge >= 0.3 is 0 Å². The number of nitrogens with two attached hydrogens (primary N) is 1. The van der Waals surface area contributed by atoms with Crippen molar-refractivity contribution in [1.82, 2.24) is 4.98 Å². The molecule has 0 saturated heterocycles. The lowest BCUT2D eigenvalue weighted by molar-refractivity contribution is -0.118. The predicted octanol–water partition coefficient (Wildman–Crippen LogP) is 0.859. The maximum Gasteiger partial charge on any atom is 0.241 e. The van der Waals surface area contributed by atoms with Gasteiger partial charge in [-0.3, -0.25) is 4.79 Å². The Hall–Kier alpha value is -2.17. The van der Waals surface area contributed by atoms with Crippen LogP contribution in [0.2, 0.25) is 0 Å². The smallest absolute Gasteiger partial charge is 0.241 e. The lowest BCUT2D eigenvalue weighted by atomic mass is 10.1. The summed E-state index contributed by atoms with van der Waals surface area (Å²) in [6, 6.07) is 5.66. The maximum atomic E-state index is 11.1. The summed E-state index contributed by atoms with van der Waals surface area (Å²) in [5, 5.41) is 7.46. The van der Waals surface area contributed by atoms with E-state index in [1.54, 1.807) is 0 Å². The van der Waals surface area contributed by atoms with Gasteiger partial charge in [0, 0.05) is 18.1 Å². The number of rotatable bonds is 1. The predicted molar refractivity (Wildman–Crippen MR) is 63.4 cm³/mol. The number of anilines is 2. The fraction of sp³-hybridized carbons (Fsp3) is 0.182. The number of carbonyl (C=O) groups excluding carboxylic acids is 1. The zero-order valence-electron chi connectivity index (χ0n) is 8.58. The molecule has 5 N–H and O–H groups in total.